The fourth-order valence-electron chi connectivity index (χ4n) is 1.63. The molecule has 0 atom stereocenters. The van der Waals surface area contributed by atoms with Crippen molar-refractivity contribution in [3.63, 3.8) is 0 Å². The maximum atomic E-state index is 12.6. The molecule has 0 aliphatic carbocycles. The second-order valence-corrected chi connectivity index (χ2v) is 3.89. The van der Waals surface area contributed by atoms with Crippen LogP contribution in [0.2, 0.25) is 0 Å². The molecule has 0 bridgehead atoms. The smallest absolute Gasteiger partial charge is 0.390 e. The number of H-pyrrole nitrogens is 1. The van der Waals surface area contributed by atoms with Crippen molar-refractivity contribution in [2.75, 3.05) is 0 Å². The molecule has 18 heavy (non-hydrogen) atoms. The number of imidazole rings is 1. The number of nitrogens with zero attached hydrogens (tertiary/aromatic N) is 1. The molecule has 3 nitrogen and oxygen atoms in total. The Bertz CT molecular complexity index is 561. The number of aliphatic hydroxyl groups excluding tert-OH is 1. The normalized spacial score (nSPS) is 11.8. The number of aryl methyl sites for hydroxylation is 1. The first-order chi connectivity index (χ1) is 8.41. The van der Waals surface area contributed by atoms with Crippen LogP contribution in [0.3, 0.4) is 0 Å². The lowest BCUT2D eigenvalue weighted by Gasteiger charge is -2.07. The van der Waals surface area contributed by atoms with E-state index in [-0.39, 0.29) is 6.61 Å². The highest BCUT2D eigenvalue weighted by molar-refractivity contribution is 5.57. The van der Waals surface area contributed by atoms with Crippen molar-refractivity contribution < 1.29 is 18.3 Å². The molecule has 1 aromatic carbocycles. The number of aromatic amines is 1. The molecule has 0 saturated carbocycles. The number of hydrogen-bond acceptors (Lipinski definition) is 2. The number of alkyl halides is 3. The summed E-state index contributed by atoms with van der Waals surface area (Å²) in [4.78, 5) is 6.90. The minimum Gasteiger partial charge on any atom is -0.390 e. The Kier molecular flexibility index (Phi) is 3.13. The average Bonchev–Trinajstić information content (AvgIpc) is 2.70. The average molecular weight is 256 g/mol. The minimum absolute atomic E-state index is 0.249. The standard InChI is InChI=1S/C12H11F3N2O/c1-7-10(6-18)17-11(16-7)8-3-2-4-9(5-8)12(13,14)15/h2-5,18H,6H2,1H3,(H,16,17). The molecular formula is C12H11F3N2O. The topological polar surface area (TPSA) is 48.9 Å². The monoisotopic (exact) mass is 256 g/mol. The van der Waals surface area contributed by atoms with E-state index in [4.69, 9.17) is 5.11 Å². The molecule has 96 valence electrons. The summed E-state index contributed by atoms with van der Waals surface area (Å²) >= 11 is 0. The predicted octanol–water partition coefficient (Wildman–Crippen LogP) is 2.90. The Morgan fingerprint density at radius 1 is 1.33 bits per heavy atom. The van der Waals surface area contributed by atoms with Gasteiger partial charge in [-0.15, -0.1) is 0 Å². The fraction of sp³-hybridized carbons (Fsp3) is 0.250. The van der Waals surface area contributed by atoms with Gasteiger partial charge in [0.25, 0.3) is 0 Å². The van der Waals surface area contributed by atoms with Crippen LogP contribution in [0.15, 0.2) is 24.3 Å². The second kappa shape index (κ2) is 4.45. The molecule has 6 heteroatoms. The summed E-state index contributed by atoms with van der Waals surface area (Å²) in [5, 5.41) is 9.00. The van der Waals surface area contributed by atoms with Crippen LogP contribution in [0.1, 0.15) is 17.0 Å². The molecule has 0 aliphatic rings. The van der Waals surface area contributed by atoms with Gasteiger partial charge in [-0.25, -0.2) is 4.98 Å². The van der Waals surface area contributed by atoms with Crippen LogP contribution in [0.4, 0.5) is 13.2 Å². The molecule has 0 aliphatic heterocycles. The molecular weight excluding hydrogens is 245 g/mol. The van der Waals surface area contributed by atoms with Crippen LogP contribution in [0.25, 0.3) is 11.4 Å². The summed E-state index contributed by atoms with van der Waals surface area (Å²) in [5.74, 6) is 0.322. The van der Waals surface area contributed by atoms with E-state index in [9.17, 15) is 13.2 Å². The number of aromatic nitrogens is 2. The molecule has 0 amide bonds. The zero-order valence-electron chi connectivity index (χ0n) is 9.54. The Hall–Kier alpha value is -1.82. The maximum absolute atomic E-state index is 12.6. The SMILES string of the molecule is Cc1[nH]c(-c2cccc(C(F)(F)F)c2)nc1CO. The van der Waals surface area contributed by atoms with Crippen LogP contribution < -0.4 is 0 Å². The van der Waals surface area contributed by atoms with Gasteiger partial charge in [0.05, 0.1) is 17.9 Å². The van der Waals surface area contributed by atoms with E-state index in [1.54, 1.807) is 6.92 Å². The third kappa shape index (κ3) is 2.38. The predicted molar refractivity (Wildman–Crippen MR) is 59.7 cm³/mol. The summed E-state index contributed by atoms with van der Waals surface area (Å²) in [5.41, 5.74) is 0.694. The number of rotatable bonds is 2. The second-order valence-electron chi connectivity index (χ2n) is 3.89. The Balaban J connectivity index is 2.44. The van der Waals surface area contributed by atoms with Crippen molar-refractivity contribution in [1.29, 1.82) is 0 Å². The summed E-state index contributed by atoms with van der Waals surface area (Å²) < 4.78 is 37.7. The van der Waals surface area contributed by atoms with E-state index in [1.807, 2.05) is 0 Å². The summed E-state index contributed by atoms with van der Waals surface area (Å²) in [7, 11) is 0. The highest BCUT2D eigenvalue weighted by Gasteiger charge is 2.30. The summed E-state index contributed by atoms with van der Waals surface area (Å²) in [6, 6.07) is 4.90. The van der Waals surface area contributed by atoms with Crippen molar-refractivity contribution in [1.82, 2.24) is 9.97 Å². The van der Waals surface area contributed by atoms with Crippen LogP contribution in [-0.4, -0.2) is 15.1 Å². The lowest BCUT2D eigenvalue weighted by molar-refractivity contribution is -0.137. The highest BCUT2D eigenvalue weighted by Crippen LogP contribution is 2.31. The van der Waals surface area contributed by atoms with Crippen LogP contribution in [0.5, 0.6) is 0 Å². The van der Waals surface area contributed by atoms with Gasteiger partial charge in [0, 0.05) is 11.3 Å². The maximum Gasteiger partial charge on any atom is 0.416 e. The molecule has 0 radical (unpaired) electrons. The summed E-state index contributed by atoms with van der Waals surface area (Å²) in [6.07, 6.45) is -4.38. The van der Waals surface area contributed by atoms with Crippen LogP contribution >= 0.6 is 0 Å². The molecule has 1 aromatic heterocycles. The largest absolute Gasteiger partial charge is 0.416 e. The molecule has 2 rings (SSSR count). The highest BCUT2D eigenvalue weighted by atomic mass is 19.4. The fourth-order valence-corrected chi connectivity index (χ4v) is 1.63. The van der Waals surface area contributed by atoms with Gasteiger partial charge >= 0.3 is 6.18 Å². The Morgan fingerprint density at radius 2 is 2.06 bits per heavy atom. The summed E-state index contributed by atoms with van der Waals surface area (Å²) in [6.45, 7) is 1.46. The lowest BCUT2D eigenvalue weighted by atomic mass is 10.1. The molecule has 0 fully saturated rings. The molecule has 2 N–H and O–H groups in total. The number of aliphatic hydroxyl groups is 1. The first-order valence-corrected chi connectivity index (χ1v) is 5.26. The Morgan fingerprint density at radius 3 is 2.61 bits per heavy atom. The van der Waals surface area contributed by atoms with Gasteiger partial charge in [-0.1, -0.05) is 12.1 Å². The van der Waals surface area contributed by atoms with E-state index >= 15 is 0 Å². The number of nitrogens with one attached hydrogen (secondary N) is 1. The molecule has 0 spiro atoms. The number of hydrogen-bond donors (Lipinski definition) is 2. The molecule has 2 aromatic rings. The van der Waals surface area contributed by atoms with Crippen molar-refractivity contribution >= 4 is 0 Å². The first kappa shape index (κ1) is 12.6. The molecule has 1 heterocycles. The van der Waals surface area contributed by atoms with Gasteiger partial charge in [0.15, 0.2) is 0 Å². The molecule has 0 unspecified atom stereocenters. The third-order valence-corrected chi connectivity index (χ3v) is 2.60. The van der Waals surface area contributed by atoms with Gasteiger partial charge in [0.1, 0.15) is 5.82 Å². The van der Waals surface area contributed by atoms with E-state index in [1.165, 1.54) is 12.1 Å². The van der Waals surface area contributed by atoms with E-state index in [2.05, 4.69) is 9.97 Å². The van der Waals surface area contributed by atoms with Gasteiger partial charge in [-0.2, -0.15) is 13.2 Å². The van der Waals surface area contributed by atoms with Gasteiger partial charge in [-0.05, 0) is 19.1 Å². The Labute approximate surface area is 101 Å². The van der Waals surface area contributed by atoms with Crippen LogP contribution in [-0.2, 0) is 12.8 Å². The van der Waals surface area contributed by atoms with Gasteiger partial charge in [-0.3, -0.25) is 0 Å². The zero-order valence-corrected chi connectivity index (χ0v) is 9.54. The van der Waals surface area contributed by atoms with Crippen LogP contribution in [0, 0.1) is 6.92 Å². The zero-order chi connectivity index (χ0) is 13.3. The number of benzene rings is 1. The van der Waals surface area contributed by atoms with E-state index in [0.29, 0.717) is 22.8 Å². The van der Waals surface area contributed by atoms with Crippen molar-refractivity contribution in [2.45, 2.75) is 19.7 Å². The van der Waals surface area contributed by atoms with Crippen molar-refractivity contribution in [3.8, 4) is 11.4 Å². The number of halogens is 3. The van der Waals surface area contributed by atoms with Crippen molar-refractivity contribution in [2.24, 2.45) is 0 Å². The van der Waals surface area contributed by atoms with Gasteiger partial charge in [0.2, 0.25) is 0 Å². The van der Waals surface area contributed by atoms with E-state index < -0.39 is 11.7 Å². The van der Waals surface area contributed by atoms with Crippen molar-refractivity contribution in [3.05, 3.63) is 41.2 Å². The molecule has 0 saturated heterocycles. The van der Waals surface area contributed by atoms with Gasteiger partial charge < -0.3 is 10.1 Å². The van der Waals surface area contributed by atoms with E-state index in [0.717, 1.165) is 12.1 Å². The minimum atomic E-state index is -4.38. The quantitative estimate of drug-likeness (QED) is 0.868. The lowest BCUT2D eigenvalue weighted by Crippen LogP contribution is -2.04. The third-order valence-electron chi connectivity index (χ3n) is 2.60. The first-order valence-electron chi connectivity index (χ1n) is 5.26.